The summed E-state index contributed by atoms with van der Waals surface area (Å²) in [4.78, 5) is 38.2. The third kappa shape index (κ3) is 4.34. The predicted octanol–water partition coefficient (Wildman–Crippen LogP) is 2.86. The van der Waals surface area contributed by atoms with Crippen molar-refractivity contribution >= 4 is 29.4 Å². The lowest BCUT2D eigenvalue weighted by molar-refractivity contribution is -0.134. The van der Waals surface area contributed by atoms with Crippen molar-refractivity contribution in [1.29, 1.82) is 0 Å². The highest BCUT2D eigenvalue weighted by Crippen LogP contribution is 2.29. The smallest absolute Gasteiger partial charge is 0.325 e. The molecule has 1 unspecified atom stereocenters. The first kappa shape index (κ1) is 19.9. The van der Waals surface area contributed by atoms with Gasteiger partial charge in [0.15, 0.2) is 0 Å². The highest BCUT2D eigenvalue weighted by Gasteiger charge is 2.49. The molecule has 1 heterocycles. The molecule has 0 bridgehead atoms. The molecule has 2 N–H and O–H groups in total. The lowest BCUT2D eigenvalue weighted by Crippen LogP contribution is -2.43. The zero-order valence-corrected chi connectivity index (χ0v) is 16.3. The molecule has 28 heavy (non-hydrogen) atoms. The van der Waals surface area contributed by atoms with Gasteiger partial charge in [-0.15, -0.1) is 0 Å². The summed E-state index contributed by atoms with van der Waals surface area (Å²) in [6.45, 7) is 1.79. The Labute approximate surface area is 168 Å². The van der Waals surface area contributed by atoms with E-state index < -0.39 is 17.5 Å². The summed E-state index contributed by atoms with van der Waals surface area (Å²) in [5.74, 6) is -0.823. The first-order chi connectivity index (χ1) is 13.4. The van der Waals surface area contributed by atoms with Gasteiger partial charge in [-0.2, -0.15) is 0 Å². The van der Waals surface area contributed by atoms with E-state index >= 15 is 0 Å². The van der Waals surface area contributed by atoms with E-state index in [0.717, 1.165) is 17.7 Å². The maximum atomic E-state index is 12.8. The molecule has 1 aliphatic heterocycles. The Morgan fingerprint density at radius 2 is 1.79 bits per heavy atom. The van der Waals surface area contributed by atoms with Crippen LogP contribution in [0.25, 0.3) is 0 Å². The molecule has 0 saturated carbocycles. The standard InChI is InChI=1S/C21H22ClN3O3/c1-21(16-9-11-17(22)12-10-16)19(27)25(20(28)24-21)14-18(26)23-13-5-8-15-6-3-2-4-7-15/h2-4,6-7,9-12H,5,8,13-14H2,1H3,(H,23,26)(H,24,28). The van der Waals surface area contributed by atoms with Gasteiger partial charge in [0.05, 0.1) is 0 Å². The molecule has 0 aliphatic carbocycles. The number of aryl methyl sites for hydroxylation is 1. The molecule has 6 nitrogen and oxygen atoms in total. The van der Waals surface area contributed by atoms with E-state index in [4.69, 9.17) is 11.6 Å². The van der Waals surface area contributed by atoms with Crippen molar-refractivity contribution in [2.24, 2.45) is 0 Å². The molecular formula is C21H22ClN3O3. The van der Waals surface area contributed by atoms with E-state index in [9.17, 15) is 14.4 Å². The number of urea groups is 1. The Balaban J connectivity index is 1.53. The summed E-state index contributed by atoms with van der Waals surface area (Å²) in [6.07, 6.45) is 1.62. The number of benzene rings is 2. The van der Waals surface area contributed by atoms with Crippen molar-refractivity contribution in [3.8, 4) is 0 Å². The molecule has 0 radical (unpaired) electrons. The number of carbonyl (C=O) groups is 3. The van der Waals surface area contributed by atoms with Gasteiger partial charge in [-0.3, -0.25) is 14.5 Å². The number of carbonyl (C=O) groups excluding carboxylic acids is 3. The molecule has 1 aliphatic rings. The Hall–Kier alpha value is -2.86. The number of hydrogen-bond acceptors (Lipinski definition) is 3. The Kier molecular flexibility index (Phi) is 5.99. The van der Waals surface area contributed by atoms with Crippen LogP contribution in [0.1, 0.15) is 24.5 Å². The number of hydrogen-bond donors (Lipinski definition) is 2. The van der Waals surface area contributed by atoms with Crippen LogP contribution in [0.3, 0.4) is 0 Å². The van der Waals surface area contributed by atoms with E-state index in [0.29, 0.717) is 17.1 Å². The molecule has 4 amide bonds. The molecule has 2 aromatic rings. The zero-order valence-electron chi connectivity index (χ0n) is 15.6. The van der Waals surface area contributed by atoms with E-state index in [2.05, 4.69) is 10.6 Å². The summed E-state index contributed by atoms with van der Waals surface area (Å²) in [5.41, 5.74) is 0.598. The molecule has 7 heteroatoms. The van der Waals surface area contributed by atoms with Crippen LogP contribution in [0.15, 0.2) is 54.6 Å². The molecule has 1 atom stereocenters. The number of nitrogens with zero attached hydrogens (tertiary/aromatic N) is 1. The molecule has 3 rings (SSSR count). The van der Waals surface area contributed by atoms with Gasteiger partial charge in [0.2, 0.25) is 5.91 Å². The first-order valence-electron chi connectivity index (χ1n) is 9.11. The summed E-state index contributed by atoms with van der Waals surface area (Å²) in [6, 6.07) is 16.1. The second-order valence-electron chi connectivity index (χ2n) is 6.89. The zero-order chi connectivity index (χ0) is 20.1. The van der Waals surface area contributed by atoms with Crippen molar-refractivity contribution in [1.82, 2.24) is 15.5 Å². The van der Waals surface area contributed by atoms with Crippen LogP contribution in [0.4, 0.5) is 4.79 Å². The van der Waals surface area contributed by atoms with Crippen LogP contribution in [-0.2, 0) is 21.5 Å². The third-order valence-electron chi connectivity index (χ3n) is 4.81. The first-order valence-corrected chi connectivity index (χ1v) is 9.49. The SMILES string of the molecule is CC1(c2ccc(Cl)cc2)NC(=O)N(CC(=O)NCCCc2ccccc2)C1=O. The van der Waals surface area contributed by atoms with Gasteiger partial charge in [0.25, 0.3) is 5.91 Å². The summed E-state index contributed by atoms with van der Waals surface area (Å²) in [5, 5.41) is 5.98. The minimum Gasteiger partial charge on any atom is -0.355 e. The predicted molar refractivity (Wildman–Crippen MR) is 107 cm³/mol. The van der Waals surface area contributed by atoms with Gasteiger partial charge in [-0.25, -0.2) is 4.79 Å². The van der Waals surface area contributed by atoms with Crippen LogP contribution in [0.5, 0.6) is 0 Å². The van der Waals surface area contributed by atoms with Crippen LogP contribution >= 0.6 is 11.6 Å². The Bertz CT molecular complexity index is 870. The highest BCUT2D eigenvalue weighted by molar-refractivity contribution is 6.30. The topological polar surface area (TPSA) is 78.5 Å². The molecular weight excluding hydrogens is 378 g/mol. The number of halogens is 1. The molecule has 146 valence electrons. The average Bonchev–Trinajstić information content (AvgIpc) is 2.90. The number of amides is 4. The van der Waals surface area contributed by atoms with Crippen LogP contribution < -0.4 is 10.6 Å². The second-order valence-corrected chi connectivity index (χ2v) is 7.33. The lowest BCUT2D eigenvalue weighted by atomic mass is 9.92. The quantitative estimate of drug-likeness (QED) is 0.555. The summed E-state index contributed by atoms with van der Waals surface area (Å²) in [7, 11) is 0. The normalized spacial score (nSPS) is 18.9. The fourth-order valence-corrected chi connectivity index (χ4v) is 3.31. The van der Waals surface area contributed by atoms with Gasteiger partial charge >= 0.3 is 6.03 Å². The fourth-order valence-electron chi connectivity index (χ4n) is 3.18. The average molecular weight is 400 g/mol. The van der Waals surface area contributed by atoms with Gasteiger partial charge in [-0.05, 0) is 43.0 Å². The number of rotatable bonds is 7. The fraction of sp³-hybridized carbons (Fsp3) is 0.286. The molecule has 0 aromatic heterocycles. The molecule has 2 aromatic carbocycles. The Morgan fingerprint density at radius 1 is 1.11 bits per heavy atom. The van der Waals surface area contributed by atoms with Crippen LogP contribution in [0.2, 0.25) is 5.02 Å². The van der Waals surface area contributed by atoms with E-state index in [1.807, 2.05) is 30.3 Å². The highest BCUT2D eigenvalue weighted by atomic mass is 35.5. The maximum absolute atomic E-state index is 12.8. The number of imide groups is 1. The van der Waals surface area contributed by atoms with Crippen LogP contribution in [0, 0.1) is 0 Å². The van der Waals surface area contributed by atoms with Gasteiger partial charge in [-0.1, -0.05) is 54.1 Å². The van der Waals surface area contributed by atoms with E-state index in [1.165, 1.54) is 5.56 Å². The van der Waals surface area contributed by atoms with Crippen molar-refractivity contribution in [3.05, 3.63) is 70.7 Å². The van der Waals surface area contributed by atoms with E-state index in [-0.39, 0.29) is 12.5 Å². The minimum absolute atomic E-state index is 0.306. The van der Waals surface area contributed by atoms with Crippen molar-refractivity contribution in [3.63, 3.8) is 0 Å². The Morgan fingerprint density at radius 3 is 2.46 bits per heavy atom. The molecule has 1 fully saturated rings. The third-order valence-corrected chi connectivity index (χ3v) is 5.06. The monoisotopic (exact) mass is 399 g/mol. The van der Waals surface area contributed by atoms with Gasteiger partial charge < -0.3 is 10.6 Å². The minimum atomic E-state index is -1.21. The van der Waals surface area contributed by atoms with Gasteiger partial charge in [0.1, 0.15) is 12.1 Å². The van der Waals surface area contributed by atoms with Crippen molar-refractivity contribution in [2.75, 3.05) is 13.1 Å². The molecule has 0 spiro atoms. The number of nitrogens with one attached hydrogen (secondary N) is 2. The van der Waals surface area contributed by atoms with Crippen LogP contribution in [-0.4, -0.2) is 35.8 Å². The lowest BCUT2D eigenvalue weighted by Gasteiger charge is -2.22. The summed E-state index contributed by atoms with van der Waals surface area (Å²) >= 11 is 5.89. The molecule has 1 saturated heterocycles. The van der Waals surface area contributed by atoms with Gasteiger partial charge in [0, 0.05) is 11.6 Å². The summed E-state index contributed by atoms with van der Waals surface area (Å²) < 4.78 is 0. The maximum Gasteiger partial charge on any atom is 0.325 e. The van der Waals surface area contributed by atoms with E-state index in [1.54, 1.807) is 31.2 Å². The van der Waals surface area contributed by atoms with Crippen molar-refractivity contribution < 1.29 is 14.4 Å². The largest absolute Gasteiger partial charge is 0.355 e. The van der Waals surface area contributed by atoms with Crippen molar-refractivity contribution in [2.45, 2.75) is 25.3 Å². The second kappa shape index (κ2) is 8.44.